The Morgan fingerprint density at radius 1 is 1.22 bits per heavy atom. The summed E-state index contributed by atoms with van der Waals surface area (Å²) in [4.78, 5) is 11.0. The molecule has 0 radical (unpaired) electrons. The second-order valence-electron chi connectivity index (χ2n) is 4.03. The van der Waals surface area contributed by atoms with Crippen LogP contribution in [0.3, 0.4) is 0 Å². The minimum Gasteiger partial charge on any atom is -0.454 e. The predicted molar refractivity (Wildman–Crippen MR) is 54.7 cm³/mol. The Balaban J connectivity index is 1.95. The fourth-order valence-electron chi connectivity index (χ4n) is 1.93. The van der Waals surface area contributed by atoms with Gasteiger partial charge in [-0.3, -0.25) is 0 Å². The van der Waals surface area contributed by atoms with E-state index in [-0.39, 0.29) is 12.4 Å². The van der Waals surface area contributed by atoms with Crippen molar-refractivity contribution in [3.63, 3.8) is 0 Å². The first-order valence-electron chi connectivity index (χ1n) is 5.27. The third-order valence-electron chi connectivity index (χ3n) is 2.81. The summed E-state index contributed by atoms with van der Waals surface area (Å²) in [5.74, 6) is -2.27. The highest BCUT2D eigenvalue weighted by molar-refractivity contribution is 5.69. The molecule has 5 nitrogen and oxygen atoms in total. The van der Waals surface area contributed by atoms with Gasteiger partial charge in [-0.2, -0.15) is 0 Å². The molecule has 0 aromatic heterocycles. The molecule has 0 spiro atoms. The van der Waals surface area contributed by atoms with E-state index in [0.717, 1.165) is 0 Å². The van der Waals surface area contributed by atoms with E-state index in [1.54, 1.807) is 0 Å². The molecule has 2 aliphatic heterocycles. The minimum absolute atomic E-state index is 0.0648. The second kappa shape index (κ2) is 3.72. The molecule has 1 saturated heterocycles. The highest BCUT2D eigenvalue weighted by Crippen LogP contribution is 2.39. The average Bonchev–Trinajstić information content (AvgIpc) is 2.79. The molecular formula is C11H9F2NO4. The van der Waals surface area contributed by atoms with Crippen LogP contribution >= 0.6 is 0 Å². The summed E-state index contributed by atoms with van der Waals surface area (Å²) in [7, 11) is 0. The van der Waals surface area contributed by atoms with E-state index in [0.29, 0.717) is 11.5 Å². The molecule has 1 N–H and O–H groups in total. The Hall–Kier alpha value is -2.05. The van der Waals surface area contributed by atoms with Gasteiger partial charge in [-0.25, -0.2) is 13.6 Å². The molecule has 1 amide bonds. The first-order valence-corrected chi connectivity index (χ1v) is 5.27. The summed E-state index contributed by atoms with van der Waals surface area (Å²) >= 11 is 0. The van der Waals surface area contributed by atoms with Crippen LogP contribution in [-0.4, -0.2) is 25.4 Å². The van der Waals surface area contributed by atoms with Gasteiger partial charge in [-0.05, 0) is 17.7 Å². The summed E-state index contributed by atoms with van der Waals surface area (Å²) in [5.41, 5.74) is 0.251. The molecule has 1 aromatic rings. The number of halogens is 2. The summed E-state index contributed by atoms with van der Waals surface area (Å²) < 4.78 is 41.8. The van der Waals surface area contributed by atoms with Crippen LogP contribution < -0.4 is 14.8 Å². The molecule has 0 aliphatic carbocycles. The molecule has 1 atom stereocenters. The fourth-order valence-corrected chi connectivity index (χ4v) is 1.93. The van der Waals surface area contributed by atoms with Crippen molar-refractivity contribution in [2.45, 2.75) is 12.0 Å². The van der Waals surface area contributed by atoms with E-state index < -0.39 is 24.7 Å². The standard InChI is InChI=1S/C11H9F2NO4/c12-11(13)4-16-10(15)14-9(11)6-1-2-7-8(3-6)18-5-17-7/h1-3,9H,4-5H2,(H,14,15)/t9-/m0/s1. The van der Waals surface area contributed by atoms with Crippen molar-refractivity contribution in [2.24, 2.45) is 0 Å². The van der Waals surface area contributed by atoms with Crippen LogP contribution in [0.25, 0.3) is 0 Å². The molecule has 0 unspecified atom stereocenters. The molecule has 3 rings (SSSR count). The third kappa shape index (κ3) is 1.71. The monoisotopic (exact) mass is 257 g/mol. The van der Waals surface area contributed by atoms with E-state index in [1.165, 1.54) is 18.2 Å². The molecule has 1 aromatic carbocycles. The van der Waals surface area contributed by atoms with Gasteiger partial charge in [-0.15, -0.1) is 0 Å². The van der Waals surface area contributed by atoms with Gasteiger partial charge in [0.1, 0.15) is 6.04 Å². The Morgan fingerprint density at radius 3 is 2.83 bits per heavy atom. The van der Waals surface area contributed by atoms with Crippen LogP contribution in [0.4, 0.5) is 13.6 Å². The molecule has 7 heteroatoms. The number of rotatable bonds is 1. The summed E-state index contributed by atoms with van der Waals surface area (Å²) in [6.07, 6.45) is -0.858. The number of hydrogen-bond acceptors (Lipinski definition) is 4. The fraction of sp³-hybridized carbons (Fsp3) is 0.364. The maximum Gasteiger partial charge on any atom is 0.408 e. The second-order valence-corrected chi connectivity index (χ2v) is 4.03. The number of ether oxygens (including phenoxy) is 3. The van der Waals surface area contributed by atoms with Crippen LogP contribution in [0, 0.1) is 0 Å². The lowest BCUT2D eigenvalue weighted by molar-refractivity contribution is -0.104. The number of benzene rings is 1. The van der Waals surface area contributed by atoms with Gasteiger partial charge in [0.2, 0.25) is 6.79 Å². The quantitative estimate of drug-likeness (QED) is 0.833. The van der Waals surface area contributed by atoms with E-state index >= 15 is 0 Å². The van der Waals surface area contributed by atoms with Crippen molar-refractivity contribution in [1.29, 1.82) is 0 Å². The Bertz CT molecular complexity index is 506. The summed E-state index contributed by atoms with van der Waals surface area (Å²) in [6, 6.07) is 3.02. The number of fused-ring (bicyclic) bond motifs is 1. The largest absolute Gasteiger partial charge is 0.454 e. The van der Waals surface area contributed by atoms with Crippen molar-refractivity contribution in [2.75, 3.05) is 13.4 Å². The predicted octanol–water partition coefficient (Wildman–Crippen LogP) is 1.83. The van der Waals surface area contributed by atoms with Crippen molar-refractivity contribution in [1.82, 2.24) is 5.32 Å². The Labute approximate surface area is 101 Å². The molecule has 2 heterocycles. The Morgan fingerprint density at radius 2 is 2.00 bits per heavy atom. The smallest absolute Gasteiger partial charge is 0.408 e. The Kier molecular flexibility index (Phi) is 2.29. The van der Waals surface area contributed by atoms with E-state index in [1.807, 2.05) is 0 Å². The van der Waals surface area contributed by atoms with Gasteiger partial charge in [0, 0.05) is 0 Å². The van der Waals surface area contributed by atoms with Crippen molar-refractivity contribution in [3.8, 4) is 11.5 Å². The molecule has 18 heavy (non-hydrogen) atoms. The topological polar surface area (TPSA) is 56.8 Å². The highest BCUT2D eigenvalue weighted by Gasteiger charge is 2.47. The van der Waals surface area contributed by atoms with Crippen molar-refractivity contribution < 1.29 is 27.8 Å². The lowest BCUT2D eigenvalue weighted by Gasteiger charge is -2.31. The number of cyclic esters (lactones) is 1. The van der Waals surface area contributed by atoms with E-state index in [4.69, 9.17) is 9.47 Å². The number of nitrogens with one attached hydrogen (secondary N) is 1. The number of carbonyl (C=O) groups is 1. The lowest BCUT2D eigenvalue weighted by Crippen LogP contribution is -2.49. The number of hydrogen-bond donors (Lipinski definition) is 1. The summed E-state index contributed by atoms with van der Waals surface area (Å²) in [5, 5.41) is 2.11. The van der Waals surface area contributed by atoms with E-state index in [2.05, 4.69) is 10.1 Å². The van der Waals surface area contributed by atoms with Gasteiger partial charge < -0.3 is 19.5 Å². The molecular weight excluding hydrogens is 248 g/mol. The number of carbonyl (C=O) groups excluding carboxylic acids is 1. The minimum atomic E-state index is -3.17. The zero-order valence-electron chi connectivity index (χ0n) is 9.11. The normalized spacial score (nSPS) is 24.3. The lowest BCUT2D eigenvalue weighted by atomic mass is 9.99. The van der Waals surface area contributed by atoms with Crippen LogP contribution in [-0.2, 0) is 4.74 Å². The zero-order chi connectivity index (χ0) is 12.8. The average molecular weight is 257 g/mol. The van der Waals surface area contributed by atoms with Crippen LogP contribution in [0.15, 0.2) is 18.2 Å². The maximum atomic E-state index is 13.7. The van der Waals surface area contributed by atoms with Gasteiger partial charge in [-0.1, -0.05) is 6.07 Å². The number of alkyl halides is 2. The van der Waals surface area contributed by atoms with Crippen LogP contribution in [0.2, 0.25) is 0 Å². The van der Waals surface area contributed by atoms with E-state index in [9.17, 15) is 13.6 Å². The van der Waals surface area contributed by atoms with Gasteiger partial charge >= 0.3 is 12.0 Å². The van der Waals surface area contributed by atoms with Crippen LogP contribution in [0.1, 0.15) is 11.6 Å². The molecule has 1 fully saturated rings. The highest BCUT2D eigenvalue weighted by atomic mass is 19.3. The van der Waals surface area contributed by atoms with Crippen molar-refractivity contribution in [3.05, 3.63) is 23.8 Å². The molecule has 0 bridgehead atoms. The molecule has 96 valence electrons. The number of amides is 1. The van der Waals surface area contributed by atoms with Crippen LogP contribution in [0.5, 0.6) is 11.5 Å². The maximum absolute atomic E-state index is 13.7. The van der Waals surface area contributed by atoms with Gasteiger partial charge in [0.15, 0.2) is 18.1 Å². The third-order valence-corrected chi connectivity index (χ3v) is 2.81. The first kappa shape index (κ1) is 11.1. The first-order chi connectivity index (χ1) is 8.56. The SMILES string of the molecule is O=C1N[C@@H](c2ccc3c(c2)OCO3)C(F)(F)CO1. The van der Waals surface area contributed by atoms with Gasteiger partial charge in [0.25, 0.3) is 0 Å². The summed E-state index contributed by atoms with van der Waals surface area (Å²) in [6.45, 7) is -0.868. The number of alkyl carbamates (subject to hydrolysis) is 1. The van der Waals surface area contributed by atoms with Crippen molar-refractivity contribution >= 4 is 6.09 Å². The zero-order valence-corrected chi connectivity index (χ0v) is 9.11. The molecule has 2 aliphatic rings. The van der Waals surface area contributed by atoms with Gasteiger partial charge in [0.05, 0.1) is 0 Å². The molecule has 0 saturated carbocycles.